The average molecular weight is 352 g/mol. The van der Waals surface area contributed by atoms with Crippen molar-refractivity contribution >= 4 is 22.4 Å². The molecule has 3 nitrogen and oxygen atoms in total. The molecule has 1 heterocycles. The minimum atomic E-state index is -4.39. The summed E-state index contributed by atoms with van der Waals surface area (Å²) in [6.45, 7) is 0. The van der Waals surface area contributed by atoms with E-state index < -0.39 is 11.7 Å². The third-order valence-corrected chi connectivity index (χ3v) is 4.55. The number of nitrogens with zero attached hydrogens (tertiary/aromatic N) is 1. The molecule has 1 aromatic carbocycles. The van der Waals surface area contributed by atoms with E-state index in [-0.39, 0.29) is 11.8 Å². The molecule has 1 N–H and O–H groups in total. The number of amides is 1. The SMILES string of the molecule is O=C(CC1C=CCC1)Nc1nc(-c2cccc(C(F)(F)F)c2)cs1. The number of benzene rings is 1. The number of allylic oxidation sites excluding steroid dienone is 2. The van der Waals surface area contributed by atoms with Crippen molar-refractivity contribution in [2.24, 2.45) is 5.92 Å². The van der Waals surface area contributed by atoms with Crippen molar-refractivity contribution in [1.29, 1.82) is 0 Å². The lowest BCUT2D eigenvalue weighted by Gasteiger charge is -2.07. The van der Waals surface area contributed by atoms with E-state index in [4.69, 9.17) is 0 Å². The molecular formula is C17H15F3N2OS. The number of anilines is 1. The Labute approximate surface area is 141 Å². The highest BCUT2D eigenvalue weighted by Crippen LogP contribution is 2.33. The van der Waals surface area contributed by atoms with Crippen molar-refractivity contribution < 1.29 is 18.0 Å². The van der Waals surface area contributed by atoms with E-state index in [2.05, 4.69) is 16.4 Å². The van der Waals surface area contributed by atoms with Gasteiger partial charge in [-0.2, -0.15) is 13.2 Å². The van der Waals surface area contributed by atoms with Gasteiger partial charge in [-0.25, -0.2) is 4.98 Å². The molecule has 0 bridgehead atoms. The fraction of sp³-hybridized carbons (Fsp3) is 0.294. The average Bonchev–Trinajstić information content (AvgIpc) is 3.18. The molecule has 7 heteroatoms. The lowest BCUT2D eigenvalue weighted by Crippen LogP contribution is -2.14. The van der Waals surface area contributed by atoms with Crippen LogP contribution in [0.5, 0.6) is 0 Å². The van der Waals surface area contributed by atoms with Gasteiger partial charge in [-0.1, -0.05) is 24.3 Å². The Balaban J connectivity index is 1.69. The third kappa shape index (κ3) is 4.03. The smallest absolute Gasteiger partial charge is 0.302 e. The third-order valence-electron chi connectivity index (χ3n) is 3.80. The van der Waals surface area contributed by atoms with Crippen molar-refractivity contribution in [3.8, 4) is 11.3 Å². The van der Waals surface area contributed by atoms with Gasteiger partial charge in [0.15, 0.2) is 5.13 Å². The first kappa shape index (κ1) is 16.7. The number of thiazole rings is 1. The van der Waals surface area contributed by atoms with Crippen molar-refractivity contribution in [1.82, 2.24) is 4.98 Å². The maximum atomic E-state index is 12.8. The van der Waals surface area contributed by atoms with Gasteiger partial charge in [0.1, 0.15) is 0 Å². The molecule has 1 unspecified atom stereocenters. The summed E-state index contributed by atoms with van der Waals surface area (Å²) in [6.07, 6.45) is 2.07. The highest BCUT2D eigenvalue weighted by atomic mass is 32.1. The molecule has 0 saturated heterocycles. The number of carbonyl (C=O) groups excluding carboxylic acids is 1. The predicted octanol–water partition coefficient (Wildman–Crippen LogP) is 5.12. The van der Waals surface area contributed by atoms with E-state index in [1.807, 2.05) is 6.08 Å². The summed E-state index contributed by atoms with van der Waals surface area (Å²) in [5.41, 5.74) is 0.0778. The Morgan fingerprint density at radius 3 is 2.92 bits per heavy atom. The monoisotopic (exact) mass is 352 g/mol. The first-order valence-corrected chi connectivity index (χ1v) is 8.39. The van der Waals surface area contributed by atoms with E-state index in [1.165, 1.54) is 17.4 Å². The largest absolute Gasteiger partial charge is 0.416 e. The Morgan fingerprint density at radius 1 is 1.38 bits per heavy atom. The first-order chi connectivity index (χ1) is 11.4. The number of rotatable bonds is 4. The van der Waals surface area contributed by atoms with Gasteiger partial charge in [0.2, 0.25) is 5.91 Å². The molecule has 0 fully saturated rings. The number of hydrogen-bond acceptors (Lipinski definition) is 3. The second kappa shape index (κ2) is 6.76. The van der Waals surface area contributed by atoms with Crippen LogP contribution in [0.2, 0.25) is 0 Å². The fourth-order valence-corrected chi connectivity index (χ4v) is 3.33. The van der Waals surface area contributed by atoms with Gasteiger partial charge in [0, 0.05) is 17.4 Å². The number of hydrogen-bond donors (Lipinski definition) is 1. The summed E-state index contributed by atoms with van der Waals surface area (Å²) in [6, 6.07) is 5.00. The number of halogens is 3. The molecule has 1 atom stereocenters. The topological polar surface area (TPSA) is 42.0 Å². The first-order valence-electron chi connectivity index (χ1n) is 7.51. The van der Waals surface area contributed by atoms with Crippen molar-refractivity contribution in [3.63, 3.8) is 0 Å². The van der Waals surface area contributed by atoms with Crippen molar-refractivity contribution in [2.75, 3.05) is 5.32 Å². The molecule has 1 aromatic heterocycles. The van der Waals surface area contributed by atoms with Crippen LogP contribution in [0.15, 0.2) is 41.8 Å². The Hall–Kier alpha value is -2.15. The lowest BCUT2D eigenvalue weighted by atomic mass is 10.1. The minimum Gasteiger partial charge on any atom is -0.302 e. The number of carbonyl (C=O) groups is 1. The fourth-order valence-electron chi connectivity index (χ4n) is 2.59. The minimum absolute atomic E-state index is 0.128. The number of aromatic nitrogens is 1. The van der Waals surface area contributed by atoms with Crippen LogP contribution in [0.3, 0.4) is 0 Å². The number of nitrogens with one attached hydrogen (secondary N) is 1. The van der Waals surface area contributed by atoms with Crippen LogP contribution < -0.4 is 5.32 Å². The Kier molecular flexibility index (Phi) is 4.71. The summed E-state index contributed by atoms with van der Waals surface area (Å²) in [4.78, 5) is 16.2. The van der Waals surface area contributed by atoms with Crippen LogP contribution in [-0.2, 0) is 11.0 Å². The van der Waals surface area contributed by atoms with Gasteiger partial charge in [-0.3, -0.25) is 4.79 Å². The normalized spacial score (nSPS) is 17.2. The molecule has 3 rings (SSSR count). The summed E-state index contributed by atoms with van der Waals surface area (Å²) in [7, 11) is 0. The molecule has 0 radical (unpaired) electrons. The van der Waals surface area contributed by atoms with Gasteiger partial charge in [0.05, 0.1) is 11.3 Å². The van der Waals surface area contributed by atoms with Crippen LogP contribution in [0, 0.1) is 5.92 Å². The molecule has 0 aliphatic heterocycles. The zero-order chi connectivity index (χ0) is 17.2. The summed E-state index contributed by atoms with van der Waals surface area (Å²) < 4.78 is 38.3. The quantitative estimate of drug-likeness (QED) is 0.776. The summed E-state index contributed by atoms with van der Waals surface area (Å²) in [5.74, 6) is 0.129. The molecule has 1 amide bonds. The van der Waals surface area contributed by atoms with Crippen molar-refractivity contribution in [2.45, 2.75) is 25.4 Å². The van der Waals surface area contributed by atoms with Crippen LogP contribution in [0.4, 0.5) is 18.3 Å². The van der Waals surface area contributed by atoms with Gasteiger partial charge >= 0.3 is 6.18 Å². The van der Waals surface area contributed by atoms with Crippen LogP contribution in [-0.4, -0.2) is 10.9 Å². The second-order valence-electron chi connectivity index (χ2n) is 5.63. The maximum Gasteiger partial charge on any atom is 0.416 e. The van der Waals surface area contributed by atoms with Crippen LogP contribution in [0.1, 0.15) is 24.8 Å². The molecule has 0 saturated carbocycles. The van der Waals surface area contributed by atoms with Crippen LogP contribution >= 0.6 is 11.3 Å². The molecule has 2 aromatic rings. The van der Waals surface area contributed by atoms with E-state index in [1.54, 1.807) is 11.4 Å². The van der Waals surface area contributed by atoms with E-state index >= 15 is 0 Å². The molecule has 1 aliphatic rings. The Bertz CT molecular complexity index is 767. The van der Waals surface area contributed by atoms with Crippen LogP contribution in [0.25, 0.3) is 11.3 Å². The summed E-state index contributed by atoms with van der Waals surface area (Å²) >= 11 is 1.20. The standard InChI is InChI=1S/C17H15F3N2OS/c18-17(19,20)13-7-3-6-12(9-13)14-10-24-16(21-14)22-15(23)8-11-4-1-2-5-11/h1,3-4,6-7,9-11H,2,5,8H2,(H,21,22,23). The predicted molar refractivity (Wildman–Crippen MR) is 87.7 cm³/mol. The second-order valence-corrected chi connectivity index (χ2v) is 6.49. The molecule has 24 heavy (non-hydrogen) atoms. The highest BCUT2D eigenvalue weighted by molar-refractivity contribution is 7.14. The van der Waals surface area contributed by atoms with E-state index in [0.29, 0.717) is 22.8 Å². The van der Waals surface area contributed by atoms with E-state index in [9.17, 15) is 18.0 Å². The lowest BCUT2D eigenvalue weighted by molar-refractivity contribution is -0.137. The molecular weight excluding hydrogens is 337 g/mol. The zero-order valence-corrected chi connectivity index (χ0v) is 13.5. The van der Waals surface area contributed by atoms with Crippen molar-refractivity contribution in [3.05, 3.63) is 47.4 Å². The number of alkyl halides is 3. The van der Waals surface area contributed by atoms with Gasteiger partial charge in [0.25, 0.3) is 0 Å². The summed E-state index contributed by atoms with van der Waals surface area (Å²) in [5, 5.41) is 4.75. The van der Waals surface area contributed by atoms with Gasteiger partial charge in [-0.05, 0) is 30.9 Å². The molecule has 126 valence electrons. The van der Waals surface area contributed by atoms with Gasteiger partial charge < -0.3 is 5.32 Å². The Morgan fingerprint density at radius 2 is 2.21 bits per heavy atom. The maximum absolute atomic E-state index is 12.8. The zero-order valence-electron chi connectivity index (χ0n) is 12.6. The highest BCUT2D eigenvalue weighted by Gasteiger charge is 2.30. The van der Waals surface area contributed by atoms with E-state index in [0.717, 1.165) is 25.0 Å². The molecule has 1 aliphatic carbocycles. The van der Waals surface area contributed by atoms with Gasteiger partial charge in [-0.15, -0.1) is 11.3 Å². The molecule has 0 spiro atoms.